The molecular formula is C25H26N4O4S2. The molecule has 1 saturated heterocycles. The van der Waals surface area contributed by atoms with Crippen molar-refractivity contribution >= 4 is 51.7 Å². The monoisotopic (exact) mass is 510 g/mol. The highest BCUT2D eigenvalue weighted by Gasteiger charge is 2.32. The van der Waals surface area contributed by atoms with E-state index in [4.69, 9.17) is 21.7 Å². The number of methoxy groups -OCH3 is 2. The molecule has 4 rings (SSSR count). The van der Waals surface area contributed by atoms with Gasteiger partial charge in [-0.3, -0.25) is 18.9 Å². The highest BCUT2D eigenvalue weighted by molar-refractivity contribution is 8.26. The van der Waals surface area contributed by atoms with Crippen LogP contribution in [0.4, 0.5) is 5.82 Å². The number of fused-ring (bicyclic) bond motifs is 1. The van der Waals surface area contributed by atoms with Crippen LogP contribution < -0.4 is 20.3 Å². The summed E-state index contributed by atoms with van der Waals surface area (Å²) in [6, 6.07) is 9.36. The van der Waals surface area contributed by atoms with Crippen molar-refractivity contribution in [3.8, 4) is 11.5 Å². The van der Waals surface area contributed by atoms with Crippen LogP contribution in [0.3, 0.4) is 0 Å². The summed E-state index contributed by atoms with van der Waals surface area (Å²) in [5.74, 6) is 1.50. The van der Waals surface area contributed by atoms with Crippen LogP contribution in [0.25, 0.3) is 11.7 Å². The molecule has 1 amide bonds. The molecule has 1 aliphatic rings. The van der Waals surface area contributed by atoms with E-state index in [0.29, 0.717) is 57.3 Å². The second-order valence-electron chi connectivity index (χ2n) is 7.87. The van der Waals surface area contributed by atoms with Crippen molar-refractivity contribution in [1.82, 2.24) is 14.3 Å². The number of aryl methyl sites for hydroxylation is 1. The molecule has 0 bridgehead atoms. The Morgan fingerprint density at radius 2 is 1.94 bits per heavy atom. The molecule has 3 heterocycles. The molecule has 0 aliphatic carbocycles. The summed E-state index contributed by atoms with van der Waals surface area (Å²) in [6.07, 6.45) is 3.86. The number of nitrogens with zero attached hydrogens (tertiary/aromatic N) is 3. The number of benzene rings is 1. The van der Waals surface area contributed by atoms with Crippen LogP contribution in [-0.4, -0.2) is 51.8 Å². The van der Waals surface area contributed by atoms with Crippen LogP contribution in [0.15, 0.2) is 46.2 Å². The Hall–Kier alpha value is -3.37. The van der Waals surface area contributed by atoms with E-state index in [1.165, 1.54) is 16.2 Å². The Balaban J connectivity index is 1.62. The number of thioether (sulfide) groups is 1. The third kappa shape index (κ3) is 4.89. The maximum atomic E-state index is 13.3. The van der Waals surface area contributed by atoms with Gasteiger partial charge < -0.3 is 14.8 Å². The van der Waals surface area contributed by atoms with Crippen LogP contribution in [-0.2, 0) is 11.2 Å². The molecule has 0 spiro atoms. The Morgan fingerprint density at radius 3 is 2.66 bits per heavy atom. The van der Waals surface area contributed by atoms with Crippen molar-refractivity contribution in [3.05, 3.63) is 68.5 Å². The lowest BCUT2D eigenvalue weighted by Crippen LogP contribution is -2.30. The van der Waals surface area contributed by atoms with E-state index < -0.39 is 0 Å². The quantitative estimate of drug-likeness (QED) is 0.361. The van der Waals surface area contributed by atoms with Gasteiger partial charge in [-0.15, -0.1) is 0 Å². The number of aromatic nitrogens is 2. The van der Waals surface area contributed by atoms with Crippen molar-refractivity contribution in [2.75, 3.05) is 32.6 Å². The Morgan fingerprint density at radius 1 is 1.17 bits per heavy atom. The topological polar surface area (TPSA) is 85.2 Å². The van der Waals surface area contributed by atoms with Crippen molar-refractivity contribution < 1.29 is 14.3 Å². The molecule has 35 heavy (non-hydrogen) atoms. The summed E-state index contributed by atoms with van der Waals surface area (Å²) < 4.78 is 12.6. The molecule has 1 aliphatic heterocycles. The number of thiocarbonyl (C=S) groups is 1. The minimum absolute atomic E-state index is 0.225. The van der Waals surface area contributed by atoms with E-state index in [9.17, 15) is 9.59 Å². The van der Waals surface area contributed by atoms with E-state index in [1.807, 2.05) is 38.1 Å². The van der Waals surface area contributed by atoms with Gasteiger partial charge in [-0.1, -0.05) is 36.1 Å². The van der Waals surface area contributed by atoms with Crippen LogP contribution in [0.2, 0.25) is 0 Å². The molecule has 0 saturated carbocycles. The molecule has 10 heteroatoms. The first-order valence-corrected chi connectivity index (χ1v) is 12.3. The predicted octanol–water partition coefficient (Wildman–Crippen LogP) is 3.90. The van der Waals surface area contributed by atoms with Gasteiger partial charge in [0.05, 0.1) is 24.7 Å². The van der Waals surface area contributed by atoms with Crippen molar-refractivity contribution in [3.63, 3.8) is 0 Å². The lowest BCUT2D eigenvalue weighted by atomic mass is 10.1. The van der Waals surface area contributed by atoms with Crippen molar-refractivity contribution in [1.29, 1.82) is 0 Å². The minimum atomic E-state index is -0.245. The number of anilines is 1. The summed E-state index contributed by atoms with van der Waals surface area (Å²) in [7, 11) is 3.17. The minimum Gasteiger partial charge on any atom is -0.493 e. The second-order valence-corrected chi connectivity index (χ2v) is 9.54. The van der Waals surface area contributed by atoms with Crippen molar-refractivity contribution in [2.45, 2.75) is 20.3 Å². The molecule has 1 N–H and O–H groups in total. The second kappa shape index (κ2) is 10.5. The average molecular weight is 511 g/mol. The van der Waals surface area contributed by atoms with E-state index in [1.54, 1.807) is 37.5 Å². The van der Waals surface area contributed by atoms with Gasteiger partial charge in [-0.2, -0.15) is 0 Å². The fourth-order valence-corrected chi connectivity index (χ4v) is 5.14. The fourth-order valence-electron chi connectivity index (χ4n) is 3.84. The molecule has 3 aromatic rings. The molecule has 1 fully saturated rings. The first-order chi connectivity index (χ1) is 16.9. The number of nitrogens with one attached hydrogen (secondary N) is 1. The molecule has 8 nitrogen and oxygen atoms in total. The molecular weight excluding hydrogens is 484 g/mol. The number of carbonyl (C=O) groups is 1. The molecule has 0 atom stereocenters. The zero-order chi connectivity index (χ0) is 25.1. The third-order valence-electron chi connectivity index (χ3n) is 5.65. The largest absolute Gasteiger partial charge is 0.493 e. The number of ether oxygens (including phenoxy) is 2. The van der Waals surface area contributed by atoms with E-state index >= 15 is 0 Å². The Bertz CT molecular complexity index is 1400. The zero-order valence-electron chi connectivity index (χ0n) is 20.0. The number of rotatable bonds is 8. The summed E-state index contributed by atoms with van der Waals surface area (Å²) in [5.41, 5.74) is 2.54. The van der Waals surface area contributed by atoms with Gasteiger partial charge in [0, 0.05) is 19.3 Å². The maximum absolute atomic E-state index is 13.3. The predicted molar refractivity (Wildman–Crippen MR) is 143 cm³/mol. The third-order valence-corrected chi connectivity index (χ3v) is 7.03. The van der Waals surface area contributed by atoms with Gasteiger partial charge in [-0.25, -0.2) is 4.98 Å². The van der Waals surface area contributed by atoms with Gasteiger partial charge in [0.1, 0.15) is 15.8 Å². The Labute approximate surface area is 212 Å². The summed E-state index contributed by atoms with van der Waals surface area (Å²) in [6.45, 7) is 4.83. The molecule has 182 valence electrons. The van der Waals surface area contributed by atoms with Gasteiger partial charge >= 0.3 is 0 Å². The highest BCUT2D eigenvalue weighted by Crippen LogP contribution is 2.34. The standard InChI is InChI=1S/C25H26N4O4S2/c1-5-26-21-17(23(30)28-11-6-7-15(2)22(28)27-21)14-20-24(31)29(25(34)35-20)12-10-16-8-9-18(32-3)19(13-16)33-4/h6-9,11,13-14,26H,5,10,12H2,1-4H3/b20-14-. The lowest BCUT2D eigenvalue weighted by Gasteiger charge is -2.15. The summed E-state index contributed by atoms with van der Waals surface area (Å²) in [4.78, 5) is 33.1. The number of hydrogen-bond donors (Lipinski definition) is 1. The van der Waals surface area contributed by atoms with Crippen molar-refractivity contribution in [2.24, 2.45) is 0 Å². The number of carbonyl (C=O) groups excluding carboxylic acids is 1. The van der Waals surface area contributed by atoms with E-state index in [2.05, 4.69) is 10.3 Å². The van der Waals surface area contributed by atoms with Gasteiger partial charge in [0.15, 0.2) is 11.5 Å². The Kier molecular flexibility index (Phi) is 7.42. The van der Waals surface area contributed by atoms with Crippen LogP contribution in [0.5, 0.6) is 11.5 Å². The van der Waals surface area contributed by atoms with E-state index in [-0.39, 0.29) is 11.5 Å². The normalized spacial score (nSPS) is 14.7. The van der Waals surface area contributed by atoms with Gasteiger partial charge in [-0.05, 0) is 55.7 Å². The maximum Gasteiger partial charge on any atom is 0.267 e. The zero-order valence-corrected chi connectivity index (χ0v) is 21.6. The summed E-state index contributed by atoms with van der Waals surface area (Å²) >= 11 is 6.68. The molecule has 2 aromatic heterocycles. The molecule has 0 unspecified atom stereocenters. The van der Waals surface area contributed by atoms with E-state index in [0.717, 1.165) is 11.1 Å². The SMILES string of the molecule is CCNc1nc2c(C)cccn2c(=O)c1/C=C1\SC(=S)N(CCc2ccc(OC)c(OC)c2)C1=O. The smallest absolute Gasteiger partial charge is 0.267 e. The first-order valence-electron chi connectivity index (χ1n) is 11.1. The number of pyridine rings is 1. The fraction of sp³-hybridized carbons (Fsp3) is 0.280. The number of hydrogen-bond acceptors (Lipinski definition) is 8. The van der Waals surface area contributed by atoms with Gasteiger partial charge in [0.2, 0.25) is 0 Å². The van der Waals surface area contributed by atoms with Crippen LogP contribution in [0.1, 0.15) is 23.6 Å². The van der Waals surface area contributed by atoms with Gasteiger partial charge in [0.25, 0.3) is 11.5 Å². The van der Waals surface area contributed by atoms with Crippen LogP contribution in [0, 0.1) is 6.92 Å². The molecule has 1 aromatic carbocycles. The van der Waals surface area contributed by atoms with Crippen LogP contribution >= 0.6 is 24.0 Å². The molecule has 0 radical (unpaired) electrons. The first kappa shape index (κ1) is 24.7. The average Bonchev–Trinajstić information content (AvgIpc) is 3.12. The number of amides is 1. The lowest BCUT2D eigenvalue weighted by molar-refractivity contribution is -0.122. The summed E-state index contributed by atoms with van der Waals surface area (Å²) in [5, 5.41) is 3.16. The highest BCUT2D eigenvalue weighted by atomic mass is 32.2.